The minimum absolute atomic E-state index is 0.168. The van der Waals surface area contributed by atoms with Crippen molar-refractivity contribution in [3.05, 3.63) is 70.0 Å². The zero-order chi connectivity index (χ0) is 24.5. The molecule has 0 bridgehead atoms. The molecule has 0 radical (unpaired) electrons. The fourth-order valence-electron chi connectivity index (χ4n) is 4.34. The highest BCUT2D eigenvalue weighted by molar-refractivity contribution is 6.35. The van der Waals surface area contributed by atoms with Crippen molar-refractivity contribution < 1.29 is 13.9 Å². The molecule has 2 atom stereocenters. The van der Waals surface area contributed by atoms with Crippen molar-refractivity contribution in [2.45, 2.75) is 38.5 Å². The van der Waals surface area contributed by atoms with Gasteiger partial charge < -0.3 is 9.47 Å². The number of rotatable bonds is 5. The molecular formula is C25H20Cl2FN5O2. The molecule has 178 valence electrons. The number of nitriles is 1. The summed E-state index contributed by atoms with van der Waals surface area (Å²) in [5.74, 6) is -0.308. The number of benzene rings is 1. The van der Waals surface area contributed by atoms with Crippen LogP contribution in [0.5, 0.6) is 5.75 Å². The van der Waals surface area contributed by atoms with Crippen LogP contribution in [-0.4, -0.2) is 26.4 Å². The number of pyridine rings is 2. The van der Waals surface area contributed by atoms with Crippen molar-refractivity contribution in [2.75, 3.05) is 6.61 Å². The van der Waals surface area contributed by atoms with E-state index in [-0.39, 0.29) is 11.8 Å². The predicted octanol–water partition coefficient (Wildman–Crippen LogP) is 6.65. The van der Waals surface area contributed by atoms with Gasteiger partial charge in [0.15, 0.2) is 6.23 Å². The Morgan fingerprint density at radius 1 is 1.23 bits per heavy atom. The van der Waals surface area contributed by atoms with Gasteiger partial charge in [-0.25, -0.2) is 9.67 Å². The lowest BCUT2D eigenvalue weighted by Gasteiger charge is -2.23. The number of hydrogen-bond donors (Lipinski definition) is 0. The molecule has 1 aromatic carbocycles. The van der Waals surface area contributed by atoms with Crippen molar-refractivity contribution in [3.63, 3.8) is 0 Å². The van der Waals surface area contributed by atoms with E-state index < -0.39 is 12.1 Å². The number of halogens is 3. The van der Waals surface area contributed by atoms with Gasteiger partial charge in [-0.1, -0.05) is 23.2 Å². The Labute approximate surface area is 211 Å². The molecule has 4 aromatic rings. The first kappa shape index (κ1) is 23.5. The van der Waals surface area contributed by atoms with E-state index in [2.05, 4.69) is 9.97 Å². The molecule has 0 aliphatic carbocycles. The Balaban J connectivity index is 1.63. The highest BCUT2D eigenvalue weighted by atomic mass is 35.5. The van der Waals surface area contributed by atoms with Gasteiger partial charge in [0.2, 0.25) is 5.95 Å². The SMILES string of the molecule is C[C@@H](Oc1ccc2c(c1)c(-c1ccnc(F)c1C#N)nn2C1CCCCO1)c1c(Cl)cncc1Cl. The molecule has 1 fully saturated rings. The van der Waals surface area contributed by atoms with Gasteiger partial charge in [-0.05, 0) is 50.5 Å². The Hall–Kier alpha value is -3.25. The number of aromatic nitrogens is 4. The van der Waals surface area contributed by atoms with Crippen LogP contribution in [0.3, 0.4) is 0 Å². The van der Waals surface area contributed by atoms with Crippen LogP contribution in [0, 0.1) is 17.3 Å². The van der Waals surface area contributed by atoms with Crippen LogP contribution >= 0.6 is 23.2 Å². The van der Waals surface area contributed by atoms with Gasteiger partial charge >= 0.3 is 0 Å². The summed E-state index contributed by atoms with van der Waals surface area (Å²) in [5.41, 5.74) is 2.04. The number of fused-ring (bicyclic) bond motifs is 1. The van der Waals surface area contributed by atoms with E-state index in [1.54, 1.807) is 10.7 Å². The van der Waals surface area contributed by atoms with E-state index in [4.69, 9.17) is 37.8 Å². The molecule has 7 nitrogen and oxygen atoms in total. The van der Waals surface area contributed by atoms with Crippen LogP contribution < -0.4 is 4.74 Å². The molecule has 0 N–H and O–H groups in total. The van der Waals surface area contributed by atoms with Gasteiger partial charge in [0.1, 0.15) is 29.2 Å². The van der Waals surface area contributed by atoms with Gasteiger partial charge in [0.25, 0.3) is 0 Å². The maximum Gasteiger partial charge on any atom is 0.231 e. The molecule has 0 spiro atoms. The lowest BCUT2D eigenvalue weighted by Crippen LogP contribution is -2.19. The van der Waals surface area contributed by atoms with Crippen molar-refractivity contribution in [2.24, 2.45) is 0 Å². The molecule has 1 unspecified atom stereocenters. The predicted molar refractivity (Wildman–Crippen MR) is 130 cm³/mol. The van der Waals surface area contributed by atoms with Gasteiger partial charge in [0.05, 0.1) is 15.6 Å². The normalized spacial score (nSPS) is 16.7. The summed E-state index contributed by atoms with van der Waals surface area (Å²) in [6.45, 7) is 2.48. The lowest BCUT2D eigenvalue weighted by atomic mass is 10.0. The monoisotopic (exact) mass is 511 g/mol. The van der Waals surface area contributed by atoms with E-state index in [0.29, 0.717) is 44.6 Å². The molecule has 0 amide bonds. The first-order chi connectivity index (χ1) is 17.0. The summed E-state index contributed by atoms with van der Waals surface area (Å²) in [5, 5.41) is 15.9. The van der Waals surface area contributed by atoms with Crippen LogP contribution in [-0.2, 0) is 4.74 Å². The molecule has 5 rings (SSSR count). The molecule has 0 saturated carbocycles. The number of ether oxygens (including phenoxy) is 2. The highest BCUT2D eigenvalue weighted by Crippen LogP contribution is 2.38. The minimum atomic E-state index is -0.843. The summed E-state index contributed by atoms with van der Waals surface area (Å²) in [7, 11) is 0. The average Bonchev–Trinajstić information content (AvgIpc) is 3.23. The Kier molecular flexibility index (Phi) is 6.56. The molecule has 1 aliphatic heterocycles. The molecule has 1 saturated heterocycles. The van der Waals surface area contributed by atoms with Crippen molar-refractivity contribution in [3.8, 4) is 23.1 Å². The molecule has 10 heteroatoms. The van der Waals surface area contributed by atoms with Crippen molar-refractivity contribution in [1.82, 2.24) is 19.7 Å². The van der Waals surface area contributed by atoms with Crippen molar-refractivity contribution in [1.29, 1.82) is 5.26 Å². The molecule has 4 heterocycles. The van der Waals surface area contributed by atoms with Crippen LogP contribution in [0.1, 0.15) is 49.6 Å². The first-order valence-corrected chi connectivity index (χ1v) is 11.9. The molecule has 1 aliphatic rings. The number of hydrogen-bond acceptors (Lipinski definition) is 6. The smallest absolute Gasteiger partial charge is 0.231 e. The third-order valence-electron chi connectivity index (χ3n) is 5.99. The second kappa shape index (κ2) is 9.78. The van der Waals surface area contributed by atoms with Crippen LogP contribution in [0.4, 0.5) is 4.39 Å². The Morgan fingerprint density at radius 3 is 2.74 bits per heavy atom. The van der Waals surface area contributed by atoms with E-state index in [0.717, 1.165) is 24.8 Å². The maximum absolute atomic E-state index is 14.4. The van der Waals surface area contributed by atoms with E-state index in [1.165, 1.54) is 18.6 Å². The Bertz CT molecular complexity index is 1430. The zero-order valence-corrected chi connectivity index (χ0v) is 20.2. The number of nitrogens with zero attached hydrogens (tertiary/aromatic N) is 5. The summed E-state index contributed by atoms with van der Waals surface area (Å²) in [4.78, 5) is 7.60. The van der Waals surface area contributed by atoms with Crippen molar-refractivity contribution >= 4 is 34.1 Å². The summed E-state index contributed by atoms with van der Waals surface area (Å²) >= 11 is 12.6. The van der Waals surface area contributed by atoms with Crippen LogP contribution in [0.15, 0.2) is 42.9 Å². The quantitative estimate of drug-likeness (QED) is 0.279. The second-order valence-electron chi connectivity index (χ2n) is 8.21. The maximum atomic E-state index is 14.4. The van der Waals surface area contributed by atoms with Gasteiger partial charge in [0, 0.05) is 41.7 Å². The molecule has 3 aromatic heterocycles. The molecule has 35 heavy (non-hydrogen) atoms. The van der Waals surface area contributed by atoms with E-state index in [9.17, 15) is 9.65 Å². The zero-order valence-electron chi connectivity index (χ0n) is 18.7. The standard InChI is InChI=1S/C25H20Cl2FN5O2/c1-14(23-19(26)12-30-13-20(23)27)35-15-5-6-21-17(10-15)24(16-7-8-31-25(28)18(16)11-29)32-33(21)22-4-2-3-9-34-22/h5-8,10,12-14,22H,2-4,9H2,1H3/t14-,22?/m1/s1. The summed E-state index contributed by atoms with van der Waals surface area (Å²) in [6.07, 6.45) is 6.44. The van der Waals surface area contributed by atoms with Gasteiger partial charge in [-0.3, -0.25) is 4.98 Å². The fourth-order valence-corrected chi connectivity index (χ4v) is 5.01. The first-order valence-electron chi connectivity index (χ1n) is 11.1. The molecular weight excluding hydrogens is 492 g/mol. The minimum Gasteiger partial charge on any atom is -0.486 e. The van der Waals surface area contributed by atoms with Crippen LogP contribution in [0.25, 0.3) is 22.2 Å². The third-order valence-corrected chi connectivity index (χ3v) is 6.59. The fraction of sp³-hybridized carbons (Fsp3) is 0.280. The van der Waals surface area contributed by atoms with E-state index in [1.807, 2.05) is 31.2 Å². The lowest BCUT2D eigenvalue weighted by molar-refractivity contribution is -0.0365. The van der Waals surface area contributed by atoms with Gasteiger partial charge in [-0.15, -0.1) is 0 Å². The second-order valence-corrected chi connectivity index (χ2v) is 9.02. The summed E-state index contributed by atoms with van der Waals surface area (Å²) in [6, 6.07) is 9.02. The highest BCUT2D eigenvalue weighted by Gasteiger charge is 2.25. The topological polar surface area (TPSA) is 85.8 Å². The van der Waals surface area contributed by atoms with Crippen LogP contribution in [0.2, 0.25) is 10.0 Å². The van der Waals surface area contributed by atoms with E-state index >= 15 is 0 Å². The average molecular weight is 512 g/mol. The largest absolute Gasteiger partial charge is 0.486 e. The summed E-state index contributed by atoms with van der Waals surface area (Å²) < 4.78 is 28.3. The third kappa shape index (κ3) is 4.43. The van der Waals surface area contributed by atoms with Gasteiger partial charge in [-0.2, -0.15) is 14.8 Å². The Morgan fingerprint density at radius 2 is 2.03 bits per heavy atom.